The van der Waals surface area contributed by atoms with Gasteiger partial charge in [0.25, 0.3) is 11.7 Å². The van der Waals surface area contributed by atoms with Gasteiger partial charge in [-0.05, 0) is 30.4 Å². The van der Waals surface area contributed by atoms with Crippen LogP contribution in [-0.4, -0.2) is 35.0 Å². The Hall–Kier alpha value is -2.11. The summed E-state index contributed by atoms with van der Waals surface area (Å²) in [5.41, 5.74) is 1.56. The van der Waals surface area contributed by atoms with Gasteiger partial charge in [-0.2, -0.15) is 4.99 Å². The van der Waals surface area contributed by atoms with Gasteiger partial charge >= 0.3 is 0 Å². The summed E-state index contributed by atoms with van der Waals surface area (Å²) in [5, 5.41) is 10.8. The number of rotatable bonds is 5. The molecule has 0 amide bonds. The number of aryl methyl sites for hydroxylation is 1. The van der Waals surface area contributed by atoms with Gasteiger partial charge in [-0.25, -0.2) is 0 Å². The van der Waals surface area contributed by atoms with Crippen LogP contribution in [0.5, 0.6) is 0 Å². The molecule has 1 atom stereocenters. The summed E-state index contributed by atoms with van der Waals surface area (Å²) in [7, 11) is 0. The van der Waals surface area contributed by atoms with Crippen LogP contribution >= 0.6 is 0 Å². The van der Waals surface area contributed by atoms with Gasteiger partial charge in [-0.1, -0.05) is 27.7 Å². The summed E-state index contributed by atoms with van der Waals surface area (Å²) in [6, 6.07) is 5.64. The van der Waals surface area contributed by atoms with Gasteiger partial charge < -0.3 is 9.64 Å². The van der Waals surface area contributed by atoms with Crippen molar-refractivity contribution in [2.75, 3.05) is 13.2 Å². The Morgan fingerprint density at radius 3 is 2.61 bits per heavy atom. The molecular weight excluding hydrogens is 294 g/mol. The van der Waals surface area contributed by atoms with Crippen LogP contribution in [0.25, 0.3) is 0 Å². The number of nitro benzene ring substituents is 1. The summed E-state index contributed by atoms with van der Waals surface area (Å²) < 4.78 is 5.82. The fourth-order valence-corrected chi connectivity index (χ4v) is 2.71. The quantitative estimate of drug-likeness (QED) is 0.609. The number of nitrogens with zero attached hydrogens (tertiary/aromatic N) is 3. The normalized spacial score (nSPS) is 19.7. The first kappa shape index (κ1) is 17.2. The van der Waals surface area contributed by atoms with Crippen molar-refractivity contribution in [1.82, 2.24) is 4.90 Å². The monoisotopic (exact) mass is 319 g/mol. The third-order valence-electron chi connectivity index (χ3n) is 3.97. The van der Waals surface area contributed by atoms with Gasteiger partial charge in [-0.15, -0.1) is 0 Å². The lowest BCUT2D eigenvalue weighted by molar-refractivity contribution is -0.384. The van der Waals surface area contributed by atoms with E-state index in [1.807, 2.05) is 6.92 Å². The molecule has 126 valence electrons. The Labute approximate surface area is 137 Å². The van der Waals surface area contributed by atoms with Crippen LogP contribution in [0, 0.1) is 28.9 Å². The summed E-state index contributed by atoms with van der Waals surface area (Å²) >= 11 is 0. The van der Waals surface area contributed by atoms with E-state index in [4.69, 9.17) is 4.74 Å². The first-order valence-corrected chi connectivity index (χ1v) is 8.02. The van der Waals surface area contributed by atoms with E-state index in [9.17, 15) is 10.1 Å². The van der Waals surface area contributed by atoms with Crippen molar-refractivity contribution in [3.63, 3.8) is 0 Å². The Morgan fingerprint density at radius 2 is 2.09 bits per heavy atom. The number of nitro groups is 1. The molecule has 0 bridgehead atoms. The number of benzene rings is 1. The molecule has 0 N–H and O–H groups in total. The van der Waals surface area contributed by atoms with Gasteiger partial charge in [-0.3, -0.25) is 10.1 Å². The van der Waals surface area contributed by atoms with E-state index in [-0.39, 0.29) is 5.69 Å². The van der Waals surface area contributed by atoms with Crippen LogP contribution in [-0.2, 0) is 4.74 Å². The molecule has 1 saturated heterocycles. The fourth-order valence-electron chi connectivity index (χ4n) is 2.71. The van der Waals surface area contributed by atoms with Crippen LogP contribution in [0.4, 0.5) is 11.4 Å². The maximum atomic E-state index is 10.8. The minimum Gasteiger partial charge on any atom is -0.463 e. The zero-order valence-electron chi connectivity index (χ0n) is 14.4. The van der Waals surface area contributed by atoms with E-state index in [2.05, 4.69) is 37.6 Å². The summed E-state index contributed by atoms with van der Waals surface area (Å²) in [6.45, 7) is 12.1. The molecule has 1 aliphatic rings. The molecule has 0 spiro atoms. The highest BCUT2D eigenvalue weighted by Crippen LogP contribution is 2.27. The predicted molar refractivity (Wildman–Crippen MR) is 91.1 cm³/mol. The molecule has 0 radical (unpaired) electrons. The average molecular weight is 319 g/mol. The Balaban J connectivity index is 2.31. The van der Waals surface area contributed by atoms with Crippen molar-refractivity contribution < 1.29 is 9.66 Å². The topological polar surface area (TPSA) is 68.0 Å². The number of hydrogen-bond acceptors (Lipinski definition) is 4. The number of ether oxygens (including phenoxy) is 1. The predicted octanol–water partition coefficient (Wildman–Crippen LogP) is 3.90. The lowest BCUT2D eigenvalue weighted by atomic mass is 10.0. The van der Waals surface area contributed by atoms with Crippen LogP contribution in [0.3, 0.4) is 0 Å². The largest absolute Gasteiger partial charge is 0.463 e. The molecule has 0 aliphatic carbocycles. The lowest BCUT2D eigenvalue weighted by Gasteiger charge is -2.27. The third kappa shape index (κ3) is 4.00. The highest BCUT2D eigenvalue weighted by Gasteiger charge is 2.33. The van der Waals surface area contributed by atoms with Crippen molar-refractivity contribution in [2.24, 2.45) is 16.8 Å². The van der Waals surface area contributed by atoms with Crippen molar-refractivity contribution in [1.29, 1.82) is 0 Å². The maximum absolute atomic E-state index is 10.8. The van der Waals surface area contributed by atoms with Crippen molar-refractivity contribution in [3.8, 4) is 0 Å². The second kappa shape index (κ2) is 6.98. The number of amidine groups is 1. The zero-order valence-corrected chi connectivity index (χ0v) is 14.4. The average Bonchev–Trinajstić information content (AvgIpc) is 2.83. The molecule has 1 aromatic carbocycles. The third-order valence-corrected chi connectivity index (χ3v) is 3.97. The molecule has 1 aliphatic heterocycles. The van der Waals surface area contributed by atoms with Gasteiger partial charge in [0.05, 0.1) is 16.7 Å². The minimum absolute atomic E-state index is 0.0814. The second-order valence-electron chi connectivity index (χ2n) is 6.79. The van der Waals surface area contributed by atoms with Crippen LogP contribution in [0.15, 0.2) is 23.2 Å². The number of hydrogen-bond donors (Lipinski definition) is 0. The van der Waals surface area contributed by atoms with Gasteiger partial charge in [0, 0.05) is 18.7 Å². The molecule has 1 fully saturated rings. The standard InChI is InChI=1S/C17H25N3O3/c1-11(2)9-19-16(12(3)4)10-23-17(19)18-15-7-6-14(20(21)22)8-13(15)5/h6-8,11-12,16H,9-10H2,1-5H3. The van der Waals surface area contributed by atoms with Gasteiger partial charge in [0.1, 0.15) is 6.61 Å². The highest BCUT2D eigenvalue weighted by molar-refractivity contribution is 5.80. The van der Waals surface area contributed by atoms with E-state index >= 15 is 0 Å². The number of aliphatic imine (C=N–C) groups is 1. The zero-order chi connectivity index (χ0) is 17.1. The van der Waals surface area contributed by atoms with Crippen LogP contribution < -0.4 is 0 Å². The van der Waals surface area contributed by atoms with Gasteiger partial charge in [0.2, 0.25) is 0 Å². The molecule has 23 heavy (non-hydrogen) atoms. The van der Waals surface area contributed by atoms with Crippen molar-refractivity contribution in [2.45, 2.75) is 40.7 Å². The summed E-state index contributed by atoms with van der Waals surface area (Å²) in [4.78, 5) is 17.3. The summed E-state index contributed by atoms with van der Waals surface area (Å²) in [5.74, 6) is 0.973. The molecule has 2 rings (SSSR count). The molecule has 1 heterocycles. The minimum atomic E-state index is -0.393. The first-order valence-electron chi connectivity index (χ1n) is 8.02. The first-order chi connectivity index (χ1) is 10.8. The smallest absolute Gasteiger partial charge is 0.293 e. The van der Waals surface area contributed by atoms with Gasteiger partial charge in [0.15, 0.2) is 0 Å². The van der Waals surface area contributed by atoms with Crippen LogP contribution in [0.2, 0.25) is 0 Å². The molecule has 0 saturated carbocycles. The fraction of sp³-hybridized carbons (Fsp3) is 0.588. The van der Waals surface area contributed by atoms with E-state index in [1.54, 1.807) is 12.1 Å². The Morgan fingerprint density at radius 1 is 1.39 bits per heavy atom. The Kier molecular flexibility index (Phi) is 5.23. The number of non-ortho nitro benzene ring substituents is 1. The molecule has 6 heteroatoms. The maximum Gasteiger partial charge on any atom is 0.293 e. The van der Waals surface area contributed by atoms with Crippen molar-refractivity contribution in [3.05, 3.63) is 33.9 Å². The molecule has 0 aromatic heterocycles. The molecule has 1 unspecified atom stereocenters. The molecule has 6 nitrogen and oxygen atoms in total. The Bertz CT molecular complexity index is 611. The van der Waals surface area contributed by atoms with E-state index in [0.29, 0.717) is 36.2 Å². The molecule has 1 aromatic rings. The van der Waals surface area contributed by atoms with Crippen LogP contribution in [0.1, 0.15) is 33.3 Å². The lowest BCUT2D eigenvalue weighted by Crippen LogP contribution is -2.40. The SMILES string of the molecule is Cc1cc([N+](=O)[O-])ccc1N=C1OCC(C(C)C)N1CC(C)C. The van der Waals surface area contributed by atoms with E-state index in [0.717, 1.165) is 12.1 Å². The second-order valence-corrected chi connectivity index (χ2v) is 6.79. The summed E-state index contributed by atoms with van der Waals surface area (Å²) in [6.07, 6.45) is 0. The van der Waals surface area contributed by atoms with E-state index < -0.39 is 4.92 Å². The highest BCUT2D eigenvalue weighted by atomic mass is 16.6. The van der Waals surface area contributed by atoms with Crippen molar-refractivity contribution >= 4 is 17.4 Å². The van der Waals surface area contributed by atoms with E-state index in [1.165, 1.54) is 6.07 Å². The molecular formula is C17H25N3O3.